The minimum absolute atomic E-state index is 0.0357. The normalized spacial score (nSPS) is 15.7. The molecule has 4 aromatic rings. The molecule has 0 aliphatic carbocycles. The Morgan fingerprint density at radius 1 is 1.15 bits per heavy atom. The largest absolute Gasteiger partial charge is 0.491 e. The number of aromatic nitrogens is 2. The zero-order chi connectivity index (χ0) is 28.5. The van der Waals surface area contributed by atoms with E-state index >= 15 is 0 Å². The molecule has 0 spiro atoms. The molecule has 1 aliphatic rings. The van der Waals surface area contributed by atoms with Crippen LogP contribution in [0.1, 0.15) is 31.7 Å². The number of rotatable bonds is 10. The van der Waals surface area contributed by atoms with Crippen molar-refractivity contribution in [2.45, 2.75) is 44.1 Å². The fourth-order valence-electron chi connectivity index (χ4n) is 5.25. The van der Waals surface area contributed by atoms with E-state index in [-0.39, 0.29) is 5.75 Å². The van der Waals surface area contributed by atoms with Gasteiger partial charge in [0.2, 0.25) is 0 Å². The zero-order valence-corrected chi connectivity index (χ0v) is 24.2. The molecule has 10 nitrogen and oxygen atoms in total. The van der Waals surface area contributed by atoms with E-state index < -0.39 is 23.8 Å². The maximum atomic E-state index is 12.6. The van der Waals surface area contributed by atoms with Gasteiger partial charge in [-0.15, -0.1) is 0 Å². The number of pyridine rings is 1. The fraction of sp³-hybridized carbons (Fsp3) is 0.393. The van der Waals surface area contributed by atoms with E-state index in [2.05, 4.69) is 20.9 Å². The fourth-order valence-corrected chi connectivity index (χ4v) is 6.78. The van der Waals surface area contributed by atoms with Crippen LogP contribution < -0.4 is 4.74 Å². The molecular weight excluding hydrogens is 553 g/mol. The number of aromatic amines is 1. The summed E-state index contributed by atoms with van der Waals surface area (Å²) in [5.41, 5.74) is 4.26. The van der Waals surface area contributed by atoms with Gasteiger partial charge in [0, 0.05) is 36.6 Å². The van der Waals surface area contributed by atoms with Crippen LogP contribution in [0.4, 0.5) is 0 Å². The van der Waals surface area contributed by atoms with E-state index in [1.807, 2.05) is 25.1 Å². The van der Waals surface area contributed by atoms with Crippen LogP contribution in [-0.4, -0.2) is 71.2 Å². The Labute approximate surface area is 233 Å². The highest BCUT2D eigenvalue weighted by Crippen LogP contribution is 2.41. The number of nitrogens with one attached hydrogen (secondary N) is 1. The molecule has 1 fully saturated rings. The lowest BCUT2D eigenvalue weighted by molar-refractivity contribution is 0.0695. The molecule has 0 radical (unpaired) electrons. The molecule has 0 amide bonds. The molecule has 2 aromatic heterocycles. The summed E-state index contributed by atoms with van der Waals surface area (Å²) in [6.45, 7) is 6.34. The highest BCUT2D eigenvalue weighted by atomic mass is 32.2. The molecule has 0 atom stereocenters. The Bertz CT molecular complexity index is 1670. The lowest BCUT2D eigenvalue weighted by Crippen LogP contribution is -2.37. The summed E-state index contributed by atoms with van der Waals surface area (Å²) in [6, 6.07) is 13.0. The van der Waals surface area contributed by atoms with Crippen molar-refractivity contribution in [1.29, 1.82) is 0 Å². The third-order valence-corrected chi connectivity index (χ3v) is 9.59. The number of benzene rings is 2. The van der Waals surface area contributed by atoms with Gasteiger partial charge in [0.25, 0.3) is 0 Å². The van der Waals surface area contributed by atoms with Gasteiger partial charge in [0.05, 0.1) is 28.9 Å². The Balaban J connectivity index is 1.36. The SMILES string of the molecule is CCS(=O)(=O)c1cccc(-c2ccc(OCCCN3CCC(OP(=O)(O)O)CC3)c3[nH]c4ncc(C)cc4c23)c1. The van der Waals surface area contributed by atoms with Crippen molar-refractivity contribution >= 4 is 39.6 Å². The predicted molar refractivity (Wildman–Crippen MR) is 154 cm³/mol. The van der Waals surface area contributed by atoms with E-state index in [4.69, 9.17) is 19.0 Å². The first-order valence-corrected chi connectivity index (χ1v) is 16.6. The van der Waals surface area contributed by atoms with Gasteiger partial charge in [-0.1, -0.05) is 19.1 Å². The number of sulfone groups is 1. The van der Waals surface area contributed by atoms with Crippen molar-refractivity contribution in [2.24, 2.45) is 0 Å². The smallest absolute Gasteiger partial charge is 0.469 e. The van der Waals surface area contributed by atoms with Crippen molar-refractivity contribution in [3.8, 4) is 16.9 Å². The molecule has 0 unspecified atom stereocenters. The van der Waals surface area contributed by atoms with Crippen molar-refractivity contribution in [1.82, 2.24) is 14.9 Å². The van der Waals surface area contributed by atoms with Crippen molar-refractivity contribution < 1.29 is 32.0 Å². The molecule has 5 rings (SSSR count). The quantitative estimate of drug-likeness (QED) is 0.176. The number of nitrogens with zero attached hydrogens (tertiary/aromatic N) is 2. The number of aryl methyl sites for hydroxylation is 1. The van der Waals surface area contributed by atoms with Gasteiger partial charge in [0.1, 0.15) is 11.4 Å². The molecule has 214 valence electrons. The van der Waals surface area contributed by atoms with Crippen LogP contribution in [0.2, 0.25) is 0 Å². The maximum Gasteiger partial charge on any atom is 0.469 e. The number of fused-ring (bicyclic) bond motifs is 3. The standard InChI is InChI=1S/C28H34N3O7PS/c1-3-40(35,36)22-7-4-6-20(17-22)23-8-9-25(27-26(23)24-16-19(2)18-29-28(24)30-27)37-15-5-12-31-13-10-21(11-14-31)38-39(32,33)34/h4,6-9,16-18,21H,3,5,10-15H2,1-2H3,(H,29,30)(H2,32,33,34). The molecule has 3 heterocycles. The first kappa shape index (κ1) is 28.7. The minimum atomic E-state index is -4.46. The van der Waals surface area contributed by atoms with Crippen LogP contribution in [0.5, 0.6) is 5.75 Å². The van der Waals surface area contributed by atoms with Crippen LogP contribution in [0.25, 0.3) is 33.1 Å². The van der Waals surface area contributed by atoms with Crippen LogP contribution in [-0.2, 0) is 18.9 Å². The van der Waals surface area contributed by atoms with Gasteiger partial charge in [-0.25, -0.2) is 18.0 Å². The topological polar surface area (TPSA) is 142 Å². The molecule has 3 N–H and O–H groups in total. The minimum Gasteiger partial charge on any atom is -0.491 e. The van der Waals surface area contributed by atoms with Crippen molar-refractivity contribution in [2.75, 3.05) is 32.0 Å². The maximum absolute atomic E-state index is 12.6. The second-order valence-electron chi connectivity index (χ2n) is 10.2. The number of likely N-dealkylation sites (tertiary alicyclic amines) is 1. The van der Waals surface area contributed by atoms with Gasteiger partial charge in [0.15, 0.2) is 9.84 Å². The number of hydrogen-bond donors (Lipinski definition) is 3. The van der Waals surface area contributed by atoms with Gasteiger partial charge in [-0.3, -0.25) is 4.52 Å². The molecular formula is C28H34N3O7PS. The van der Waals surface area contributed by atoms with Crippen LogP contribution in [0, 0.1) is 6.92 Å². The average molecular weight is 588 g/mol. The lowest BCUT2D eigenvalue weighted by atomic mass is 9.99. The van der Waals surface area contributed by atoms with E-state index in [0.29, 0.717) is 43.2 Å². The molecule has 0 bridgehead atoms. The number of hydrogen-bond acceptors (Lipinski definition) is 7. The molecule has 1 aliphatic heterocycles. The predicted octanol–water partition coefficient (Wildman–Crippen LogP) is 4.83. The van der Waals surface area contributed by atoms with E-state index in [9.17, 15) is 13.0 Å². The molecule has 1 saturated heterocycles. The summed E-state index contributed by atoms with van der Waals surface area (Å²) < 4.78 is 47.3. The third kappa shape index (κ3) is 6.40. The monoisotopic (exact) mass is 587 g/mol. The summed E-state index contributed by atoms with van der Waals surface area (Å²) in [5.74, 6) is 0.731. The van der Waals surface area contributed by atoms with Crippen LogP contribution in [0.3, 0.4) is 0 Å². The highest BCUT2D eigenvalue weighted by Gasteiger charge is 2.26. The average Bonchev–Trinajstić information content (AvgIpc) is 3.30. The summed E-state index contributed by atoms with van der Waals surface area (Å²) in [4.78, 5) is 28.6. The number of phosphoric ester groups is 1. The second-order valence-corrected chi connectivity index (χ2v) is 13.6. The number of ether oxygens (including phenoxy) is 1. The van der Waals surface area contributed by atoms with Crippen LogP contribution in [0.15, 0.2) is 53.6 Å². The summed E-state index contributed by atoms with van der Waals surface area (Å²) in [7, 11) is -7.81. The van der Waals surface area contributed by atoms with Gasteiger partial charge in [-0.05, 0) is 73.2 Å². The highest BCUT2D eigenvalue weighted by molar-refractivity contribution is 7.91. The van der Waals surface area contributed by atoms with E-state index in [1.165, 1.54) is 0 Å². The number of piperidine rings is 1. The zero-order valence-electron chi connectivity index (χ0n) is 22.5. The van der Waals surface area contributed by atoms with E-state index in [1.54, 1.807) is 31.3 Å². The van der Waals surface area contributed by atoms with Crippen molar-refractivity contribution in [3.63, 3.8) is 0 Å². The van der Waals surface area contributed by atoms with Gasteiger partial charge >= 0.3 is 7.82 Å². The summed E-state index contributed by atoms with van der Waals surface area (Å²) in [5, 5.41) is 1.88. The first-order chi connectivity index (χ1) is 19.0. The first-order valence-electron chi connectivity index (χ1n) is 13.4. The third-order valence-electron chi connectivity index (χ3n) is 7.29. The lowest BCUT2D eigenvalue weighted by Gasteiger charge is -2.31. The van der Waals surface area contributed by atoms with Crippen molar-refractivity contribution in [3.05, 3.63) is 54.2 Å². The van der Waals surface area contributed by atoms with Gasteiger partial charge < -0.3 is 24.4 Å². The molecule has 2 aromatic carbocycles. The van der Waals surface area contributed by atoms with E-state index in [0.717, 1.165) is 51.6 Å². The Hall–Kier alpha value is -2.79. The summed E-state index contributed by atoms with van der Waals surface area (Å²) in [6.07, 6.45) is 3.33. The Kier molecular flexibility index (Phi) is 8.33. The Morgan fingerprint density at radius 2 is 1.93 bits per heavy atom. The second kappa shape index (κ2) is 11.6. The Morgan fingerprint density at radius 3 is 2.65 bits per heavy atom. The number of H-pyrrole nitrogens is 1. The molecule has 12 heteroatoms. The summed E-state index contributed by atoms with van der Waals surface area (Å²) >= 11 is 0. The number of phosphoric acid groups is 1. The molecule has 40 heavy (non-hydrogen) atoms. The van der Waals surface area contributed by atoms with Crippen LogP contribution >= 0.6 is 7.82 Å². The van der Waals surface area contributed by atoms with Gasteiger partial charge in [-0.2, -0.15) is 0 Å². The molecule has 0 saturated carbocycles.